The van der Waals surface area contributed by atoms with Crippen LogP contribution in [0.4, 0.5) is 5.82 Å². The molecular formula is C14H21N3O2. The molecule has 0 fully saturated rings. The first-order valence-corrected chi connectivity index (χ1v) is 6.60. The van der Waals surface area contributed by atoms with E-state index in [1.165, 1.54) is 0 Å². The number of amides is 1. The van der Waals surface area contributed by atoms with E-state index in [-0.39, 0.29) is 11.8 Å². The molecule has 2 atom stereocenters. The van der Waals surface area contributed by atoms with Gasteiger partial charge in [0.2, 0.25) is 0 Å². The number of likely N-dealkylation sites (N-methyl/N-ethyl adjacent to an activating group) is 1. The highest BCUT2D eigenvalue weighted by Crippen LogP contribution is 2.33. The molecule has 1 aliphatic heterocycles. The molecule has 0 aliphatic carbocycles. The molecular weight excluding hydrogens is 242 g/mol. The van der Waals surface area contributed by atoms with Gasteiger partial charge in [-0.1, -0.05) is 13.8 Å². The Kier molecular flexibility index (Phi) is 4.04. The minimum Gasteiger partial charge on any atom is -0.476 e. The van der Waals surface area contributed by atoms with Crippen molar-refractivity contribution in [1.29, 1.82) is 0 Å². The second-order valence-corrected chi connectivity index (χ2v) is 5.23. The van der Waals surface area contributed by atoms with E-state index < -0.39 is 6.10 Å². The molecule has 2 unspecified atom stereocenters. The van der Waals surface area contributed by atoms with E-state index >= 15 is 0 Å². The quantitative estimate of drug-likeness (QED) is 0.889. The number of ether oxygens (including phenoxy) is 1. The molecule has 1 amide bonds. The van der Waals surface area contributed by atoms with Crippen LogP contribution in [0.5, 0.6) is 5.75 Å². The van der Waals surface area contributed by atoms with Crippen molar-refractivity contribution in [3.8, 4) is 5.75 Å². The summed E-state index contributed by atoms with van der Waals surface area (Å²) < 4.78 is 5.90. The highest BCUT2D eigenvalue weighted by Gasteiger charge is 2.39. The van der Waals surface area contributed by atoms with Gasteiger partial charge in [0.1, 0.15) is 0 Å². The van der Waals surface area contributed by atoms with E-state index in [4.69, 9.17) is 4.74 Å². The summed E-state index contributed by atoms with van der Waals surface area (Å²) in [6, 6.07) is 3.68. The third kappa shape index (κ3) is 2.56. The minimum atomic E-state index is -0.450. The molecule has 2 heterocycles. The molecule has 0 radical (unpaired) electrons. The minimum absolute atomic E-state index is 0.0276. The summed E-state index contributed by atoms with van der Waals surface area (Å²) in [5, 5.41) is 3.14. The molecule has 104 valence electrons. The molecule has 0 spiro atoms. The van der Waals surface area contributed by atoms with Crippen LogP contribution in [-0.2, 0) is 4.79 Å². The Balaban J connectivity index is 2.31. The average Bonchev–Trinajstić information content (AvgIpc) is 2.40. The van der Waals surface area contributed by atoms with Gasteiger partial charge in [0.25, 0.3) is 5.91 Å². The van der Waals surface area contributed by atoms with E-state index in [2.05, 4.69) is 24.1 Å². The lowest BCUT2D eigenvalue weighted by Gasteiger charge is -2.36. The lowest BCUT2D eigenvalue weighted by atomic mass is 9.88. The van der Waals surface area contributed by atoms with Crippen molar-refractivity contribution >= 4 is 11.7 Å². The van der Waals surface area contributed by atoms with Crippen LogP contribution in [0.25, 0.3) is 0 Å². The largest absolute Gasteiger partial charge is 0.476 e. The van der Waals surface area contributed by atoms with E-state index in [1.807, 2.05) is 19.2 Å². The summed E-state index contributed by atoms with van der Waals surface area (Å²) in [4.78, 5) is 18.2. The first kappa shape index (κ1) is 13.8. The predicted octanol–water partition coefficient (Wildman–Crippen LogP) is 1.30. The van der Waals surface area contributed by atoms with Crippen LogP contribution in [0.2, 0.25) is 0 Å². The van der Waals surface area contributed by atoms with Gasteiger partial charge in [-0.05, 0) is 25.1 Å². The van der Waals surface area contributed by atoms with Crippen molar-refractivity contribution in [1.82, 2.24) is 10.3 Å². The van der Waals surface area contributed by atoms with E-state index in [0.717, 1.165) is 6.54 Å². The van der Waals surface area contributed by atoms with Gasteiger partial charge in [0.15, 0.2) is 17.7 Å². The third-order valence-corrected chi connectivity index (χ3v) is 3.58. The second kappa shape index (κ2) is 5.57. The van der Waals surface area contributed by atoms with Gasteiger partial charge in [-0.2, -0.15) is 0 Å². The predicted molar refractivity (Wildman–Crippen MR) is 74.3 cm³/mol. The Morgan fingerprint density at radius 2 is 2.26 bits per heavy atom. The number of carbonyl (C=O) groups excluding carboxylic acids is 1. The number of hydrogen-bond donors (Lipinski definition) is 1. The SMILES string of the molecule is CNCC(C(C)C)C1Oc2cccnc2N(C)C1=O. The van der Waals surface area contributed by atoms with E-state index in [9.17, 15) is 4.79 Å². The van der Waals surface area contributed by atoms with Gasteiger partial charge in [-0.25, -0.2) is 4.98 Å². The number of anilines is 1. The summed E-state index contributed by atoms with van der Waals surface area (Å²) in [5.74, 6) is 1.73. The third-order valence-electron chi connectivity index (χ3n) is 3.58. The molecule has 0 bridgehead atoms. The van der Waals surface area contributed by atoms with Crippen LogP contribution < -0.4 is 15.0 Å². The van der Waals surface area contributed by atoms with Crippen LogP contribution in [0.1, 0.15) is 13.8 Å². The number of fused-ring (bicyclic) bond motifs is 1. The number of pyridine rings is 1. The normalized spacial score (nSPS) is 20.2. The summed E-state index contributed by atoms with van der Waals surface area (Å²) in [7, 11) is 3.64. The maximum absolute atomic E-state index is 12.4. The molecule has 1 aromatic rings. The van der Waals surface area contributed by atoms with Crippen molar-refractivity contribution in [2.45, 2.75) is 20.0 Å². The first-order valence-electron chi connectivity index (χ1n) is 6.60. The monoisotopic (exact) mass is 263 g/mol. The topological polar surface area (TPSA) is 54.5 Å². The van der Waals surface area contributed by atoms with Crippen molar-refractivity contribution in [3.05, 3.63) is 18.3 Å². The number of nitrogens with one attached hydrogen (secondary N) is 1. The Labute approximate surface area is 114 Å². The first-order chi connectivity index (χ1) is 9.06. The molecule has 1 aromatic heterocycles. The highest BCUT2D eigenvalue weighted by molar-refractivity contribution is 5.98. The molecule has 1 aliphatic rings. The zero-order valence-corrected chi connectivity index (χ0v) is 11.9. The van der Waals surface area contributed by atoms with Crippen molar-refractivity contribution in [2.24, 2.45) is 11.8 Å². The van der Waals surface area contributed by atoms with E-state index in [1.54, 1.807) is 18.1 Å². The zero-order valence-electron chi connectivity index (χ0n) is 11.9. The fourth-order valence-electron chi connectivity index (χ4n) is 2.41. The number of nitrogens with zero attached hydrogens (tertiary/aromatic N) is 2. The standard InChI is InChI=1S/C14H21N3O2/c1-9(2)10(8-15-3)12-14(18)17(4)13-11(19-12)6-5-7-16-13/h5-7,9-10,12,15H,8H2,1-4H3. The van der Waals surface area contributed by atoms with Gasteiger partial charge in [0.05, 0.1) is 0 Å². The van der Waals surface area contributed by atoms with Crippen molar-refractivity contribution in [2.75, 3.05) is 25.5 Å². The lowest BCUT2D eigenvalue weighted by Crippen LogP contribution is -2.51. The molecule has 0 saturated heterocycles. The number of hydrogen-bond acceptors (Lipinski definition) is 4. The van der Waals surface area contributed by atoms with Crippen molar-refractivity contribution < 1.29 is 9.53 Å². The van der Waals surface area contributed by atoms with Gasteiger partial charge < -0.3 is 10.1 Å². The van der Waals surface area contributed by atoms with Crippen molar-refractivity contribution in [3.63, 3.8) is 0 Å². The lowest BCUT2D eigenvalue weighted by molar-refractivity contribution is -0.129. The molecule has 1 N–H and O–H groups in total. The van der Waals surface area contributed by atoms with Gasteiger partial charge >= 0.3 is 0 Å². The summed E-state index contributed by atoms with van der Waals surface area (Å²) in [6.45, 7) is 4.96. The summed E-state index contributed by atoms with van der Waals surface area (Å²) in [5.41, 5.74) is 0. The maximum atomic E-state index is 12.4. The van der Waals surface area contributed by atoms with Gasteiger partial charge in [-0.15, -0.1) is 0 Å². The fraction of sp³-hybridized carbons (Fsp3) is 0.571. The molecule has 5 nitrogen and oxygen atoms in total. The Hall–Kier alpha value is -1.62. The number of carbonyl (C=O) groups is 1. The van der Waals surface area contributed by atoms with Crippen LogP contribution in [-0.4, -0.2) is 37.6 Å². The van der Waals surface area contributed by atoms with E-state index in [0.29, 0.717) is 17.5 Å². The molecule has 5 heteroatoms. The Morgan fingerprint density at radius 3 is 2.89 bits per heavy atom. The number of rotatable bonds is 4. The summed E-state index contributed by atoms with van der Waals surface area (Å²) >= 11 is 0. The second-order valence-electron chi connectivity index (χ2n) is 5.23. The highest BCUT2D eigenvalue weighted by atomic mass is 16.5. The van der Waals surface area contributed by atoms with Crippen LogP contribution in [0.15, 0.2) is 18.3 Å². The van der Waals surface area contributed by atoms with Crippen LogP contribution in [0.3, 0.4) is 0 Å². The zero-order chi connectivity index (χ0) is 14.0. The molecule has 19 heavy (non-hydrogen) atoms. The molecule has 0 saturated carbocycles. The molecule has 0 aromatic carbocycles. The smallest absolute Gasteiger partial charge is 0.269 e. The molecule has 2 rings (SSSR count). The van der Waals surface area contributed by atoms with Gasteiger partial charge in [-0.3, -0.25) is 9.69 Å². The van der Waals surface area contributed by atoms with Crippen LogP contribution in [0, 0.1) is 11.8 Å². The number of aromatic nitrogens is 1. The van der Waals surface area contributed by atoms with Crippen LogP contribution >= 0.6 is 0 Å². The Morgan fingerprint density at radius 1 is 1.53 bits per heavy atom. The average molecular weight is 263 g/mol. The maximum Gasteiger partial charge on any atom is 0.269 e. The Bertz CT molecular complexity index is 462. The summed E-state index contributed by atoms with van der Waals surface area (Å²) in [6.07, 6.45) is 1.22. The fourth-order valence-corrected chi connectivity index (χ4v) is 2.41. The van der Waals surface area contributed by atoms with Gasteiger partial charge in [0, 0.05) is 25.7 Å².